The Morgan fingerprint density at radius 3 is 2.95 bits per heavy atom. The van der Waals surface area contributed by atoms with Gasteiger partial charge in [-0.2, -0.15) is 0 Å². The molecule has 0 unspecified atom stereocenters. The third kappa shape index (κ3) is 2.30. The van der Waals surface area contributed by atoms with Gasteiger partial charge in [0.15, 0.2) is 4.77 Å². The zero-order chi connectivity index (χ0) is 13.4. The van der Waals surface area contributed by atoms with E-state index < -0.39 is 0 Å². The summed E-state index contributed by atoms with van der Waals surface area (Å²) >= 11 is 7.33. The molecular formula is C14H19N3S2. The van der Waals surface area contributed by atoms with Crippen LogP contribution in [0.15, 0.2) is 23.8 Å². The van der Waals surface area contributed by atoms with E-state index in [1.165, 1.54) is 12.0 Å². The van der Waals surface area contributed by atoms with Crippen LogP contribution in [-0.4, -0.2) is 20.6 Å². The van der Waals surface area contributed by atoms with E-state index in [-0.39, 0.29) is 0 Å². The molecule has 2 aromatic heterocycles. The van der Waals surface area contributed by atoms with Gasteiger partial charge in [0, 0.05) is 36.9 Å². The number of aryl methyl sites for hydroxylation is 1. The molecule has 5 heteroatoms. The van der Waals surface area contributed by atoms with Crippen LogP contribution in [0.5, 0.6) is 0 Å². The highest BCUT2D eigenvalue weighted by Gasteiger charge is 2.26. The molecule has 0 amide bonds. The zero-order valence-electron chi connectivity index (χ0n) is 11.4. The predicted molar refractivity (Wildman–Crippen MR) is 82.0 cm³/mol. The second kappa shape index (κ2) is 5.23. The molecule has 3 nitrogen and oxygen atoms in total. The van der Waals surface area contributed by atoms with E-state index in [1.54, 1.807) is 4.88 Å². The molecule has 2 aromatic rings. The monoisotopic (exact) mass is 293 g/mol. The van der Waals surface area contributed by atoms with Gasteiger partial charge in [-0.1, -0.05) is 6.92 Å². The number of hydrogen-bond acceptors (Lipinski definition) is 3. The SMILES string of the molecule is CC[C@H]1c2ccsc2CCN1Cn1ccn(C)c1=S. The van der Waals surface area contributed by atoms with Crippen LogP contribution in [0.3, 0.4) is 0 Å². The summed E-state index contributed by atoms with van der Waals surface area (Å²) in [4.78, 5) is 4.12. The lowest BCUT2D eigenvalue weighted by Gasteiger charge is -2.35. The average molecular weight is 293 g/mol. The summed E-state index contributed by atoms with van der Waals surface area (Å²) in [5.74, 6) is 0. The van der Waals surface area contributed by atoms with Crippen LogP contribution in [0.2, 0.25) is 0 Å². The summed E-state index contributed by atoms with van der Waals surface area (Å²) in [5, 5.41) is 2.23. The van der Waals surface area contributed by atoms with Crippen molar-refractivity contribution in [3.05, 3.63) is 39.1 Å². The number of thiophene rings is 1. The van der Waals surface area contributed by atoms with E-state index in [1.807, 2.05) is 29.1 Å². The van der Waals surface area contributed by atoms with Gasteiger partial charge in [0.25, 0.3) is 0 Å². The average Bonchev–Trinajstić information content (AvgIpc) is 3.00. The quantitative estimate of drug-likeness (QED) is 0.802. The van der Waals surface area contributed by atoms with Crippen LogP contribution in [0, 0.1) is 4.77 Å². The van der Waals surface area contributed by atoms with Crippen molar-refractivity contribution in [1.29, 1.82) is 0 Å². The lowest BCUT2D eigenvalue weighted by molar-refractivity contribution is 0.137. The van der Waals surface area contributed by atoms with Gasteiger partial charge in [0.2, 0.25) is 0 Å². The summed E-state index contributed by atoms with van der Waals surface area (Å²) in [6, 6.07) is 2.84. The van der Waals surface area contributed by atoms with Gasteiger partial charge >= 0.3 is 0 Å². The summed E-state index contributed by atoms with van der Waals surface area (Å²) < 4.78 is 5.05. The Balaban J connectivity index is 1.86. The number of hydrogen-bond donors (Lipinski definition) is 0. The van der Waals surface area contributed by atoms with E-state index in [0.29, 0.717) is 6.04 Å². The third-order valence-electron chi connectivity index (χ3n) is 3.94. The first kappa shape index (κ1) is 13.1. The number of imidazole rings is 1. The summed E-state index contributed by atoms with van der Waals surface area (Å²) in [6.45, 7) is 4.30. The molecule has 3 heterocycles. The normalized spacial score (nSPS) is 19.6. The predicted octanol–water partition coefficient (Wildman–Crippen LogP) is 3.58. The van der Waals surface area contributed by atoms with Crippen LogP contribution in [-0.2, 0) is 20.1 Å². The fourth-order valence-corrected chi connectivity index (χ4v) is 4.02. The Kier molecular flexibility index (Phi) is 3.60. The topological polar surface area (TPSA) is 13.1 Å². The molecule has 0 saturated heterocycles. The maximum atomic E-state index is 5.43. The minimum absolute atomic E-state index is 0.539. The lowest BCUT2D eigenvalue weighted by atomic mass is 9.98. The van der Waals surface area contributed by atoms with E-state index in [0.717, 1.165) is 24.4 Å². The first-order valence-corrected chi connectivity index (χ1v) is 8.01. The number of aromatic nitrogens is 2. The van der Waals surface area contributed by atoms with Crippen LogP contribution in [0.25, 0.3) is 0 Å². The highest BCUT2D eigenvalue weighted by atomic mass is 32.1. The van der Waals surface area contributed by atoms with Crippen molar-refractivity contribution in [3.63, 3.8) is 0 Å². The number of fused-ring (bicyclic) bond motifs is 1. The van der Waals surface area contributed by atoms with Crippen molar-refractivity contribution in [2.24, 2.45) is 7.05 Å². The van der Waals surface area contributed by atoms with Gasteiger partial charge < -0.3 is 9.13 Å². The van der Waals surface area contributed by atoms with Gasteiger partial charge in [0.05, 0.1) is 6.67 Å². The second-order valence-electron chi connectivity index (χ2n) is 5.09. The second-order valence-corrected chi connectivity index (χ2v) is 6.45. The van der Waals surface area contributed by atoms with Gasteiger partial charge in [0.1, 0.15) is 0 Å². The smallest absolute Gasteiger partial charge is 0.180 e. The van der Waals surface area contributed by atoms with Gasteiger partial charge in [-0.25, -0.2) is 0 Å². The largest absolute Gasteiger partial charge is 0.327 e. The maximum Gasteiger partial charge on any atom is 0.180 e. The van der Waals surface area contributed by atoms with E-state index in [4.69, 9.17) is 12.2 Å². The molecule has 1 aliphatic rings. The number of nitrogens with zero attached hydrogens (tertiary/aromatic N) is 3. The maximum absolute atomic E-state index is 5.43. The lowest BCUT2D eigenvalue weighted by Crippen LogP contribution is -2.35. The van der Waals surface area contributed by atoms with E-state index in [9.17, 15) is 0 Å². The van der Waals surface area contributed by atoms with Crippen molar-refractivity contribution in [2.75, 3.05) is 6.54 Å². The molecule has 3 rings (SSSR count). The van der Waals surface area contributed by atoms with Gasteiger partial charge in [-0.15, -0.1) is 11.3 Å². The van der Waals surface area contributed by atoms with Gasteiger partial charge in [-0.3, -0.25) is 4.90 Å². The molecular weight excluding hydrogens is 274 g/mol. The third-order valence-corrected chi connectivity index (χ3v) is 5.46. The van der Waals surface area contributed by atoms with Crippen LogP contribution in [0.1, 0.15) is 29.8 Å². The van der Waals surface area contributed by atoms with Crippen molar-refractivity contribution in [1.82, 2.24) is 14.0 Å². The standard InChI is InChI=1S/C14H19N3S2/c1-3-12-11-5-9-19-13(11)4-6-16(12)10-17-8-7-15(2)14(17)18/h5,7-9,12H,3-4,6,10H2,1-2H3/t12-/m0/s1. The fourth-order valence-electron chi connectivity index (χ4n) is 2.91. The minimum Gasteiger partial charge on any atom is -0.327 e. The van der Waals surface area contributed by atoms with E-state index in [2.05, 4.69) is 34.0 Å². The molecule has 1 aliphatic heterocycles. The molecule has 0 bridgehead atoms. The first-order chi connectivity index (χ1) is 9.20. The zero-order valence-corrected chi connectivity index (χ0v) is 13.0. The Bertz CT molecular complexity index is 623. The van der Waals surface area contributed by atoms with Crippen molar-refractivity contribution < 1.29 is 0 Å². The molecule has 0 saturated carbocycles. The highest BCUT2D eigenvalue weighted by molar-refractivity contribution is 7.71. The van der Waals surface area contributed by atoms with Crippen LogP contribution in [0.4, 0.5) is 0 Å². The van der Waals surface area contributed by atoms with E-state index >= 15 is 0 Å². The molecule has 1 atom stereocenters. The van der Waals surface area contributed by atoms with Crippen molar-refractivity contribution in [3.8, 4) is 0 Å². The van der Waals surface area contributed by atoms with Crippen LogP contribution < -0.4 is 0 Å². The summed E-state index contributed by atoms with van der Waals surface area (Å²) in [6.07, 6.45) is 6.44. The minimum atomic E-state index is 0.539. The molecule has 102 valence electrons. The Morgan fingerprint density at radius 2 is 2.26 bits per heavy atom. The fraction of sp³-hybridized carbons (Fsp3) is 0.500. The molecule has 0 aromatic carbocycles. The summed E-state index contributed by atoms with van der Waals surface area (Å²) in [7, 11) is 2.00. The number of rotatable bonds is 3. The molecule has 0 radical (unpaired) electrons. The molecule has 19 heavy (non-hydrogen) atoms. The molecule has 0 spiro atoms. The Morgan fingerprint density at radius 1 is 1.42 bits per heavy atom. The Labute approximate surface area is 123 Å². The summed E-state index contributed by atoms with van der Waals surface area (Å²) in [5.41, 5.74) is 1.53. The molecule has 0 fully saturated rings. The van der Waals surface area contributed by atoms with Crippen molar-refractivity contribution >= 4 is 23.6 Å². The Hall–Kier alpha value is -0.910. The molecule has 0 N–H and O–H groups in total. The first-order valence-electron chi connectivity index (χ1n) is 6.72. The van der Waals surface area contributed by atoms with Crippen LogP contribution >= 0.6 is 23.6 Å². The van der Waals surface area contributed by atoms with Gasteiger partial charge in [-0.05, 0) is 42.1 Å². The molecule has 0 aliphatic carbocycles. The highest BCUT2D eigenvalue weighted by Crippen LogP contribution is 2.35. The van der Waals surface area contributed by atoms with Crippen molar-refractivity contribution in [2.45, 2.75) is 32.5 Å².